The molecule has 1 atom stereocenters. The molecule has 0 aliphatic rings. The fourth-order valence-corrected chi connectivity index (χ4v) is 5.46. The summed E-state index contributed by atoms with van der Waals surface area (Å²) in [6.45, 7) is 7.53. The highest BCUT2D eigenvalue weighted by Gasteiger charge is 2.17. The lowest BCUT2D eigenvalue weighted by atomic mass is 10.1. The van der Waals surface area contributed by atoms with Crippen molar-refractivity contribution in [3.63, 3.8) is 0 Å². The molecule has 0 bridgehead atoms. The molecule has 0 spiro atoms. The molecule has 5 nitrogen and oxygen atoms in total. The summed E-state index contributed by atoms with van der Waals surface area (Å²) in [4.78, 5) is 24.9. The molecule has 0 saturated carbocycles. The molecule has 0 aliphatic carbocycles. The molecule has 0 fully saturated rings. The van der Waals surface area contributed by atoms with Crippen LogP contribution in [0.3, 0.4) is 0 Å². The second kappa shape index (κ2) is 41.0. The normalized spacial score (nSPS) is 12.8. The first-order valence-corrected chi connectivity index (χ1v) is 20.8. The van der Waals surface area contributed by atoms with E-state index in [1.165, 1.54) is 89.9 Å². The van der Waals surface area contributed by atoms with E-state index < -0.39 is 6.10 Å². The van der Waals surface area contributed by atoms with Gasteiger partial charge in [-0.3, -0.25) is 9.59 Å². The lowest BCUT2D eigenvalue weighted by molar-refractivity contribution is -0.162. The first-order chi connectivity index (χ1) is 24.6. The van der Waals surface area contributed by atoms with Crippen LogP contribution in [0.2, 0.25) is 0 Å². The summed E-state index contributed by atoms with van der Waals surface area (Å²) in [5.41, 5.74) is 0. The van der Waals surface area contributed by atoms with Crippen LogP contribution in [0.4, 0.5) is 0 Å². The highest BCUT2D eigenvalue weighted by atomic mass is 16.6. The summed E-state index contributed by atoms with van der Waals surface area (Å²) < 4.78 is 17.1. The SMILES string of the molecule is CC/C=C\C/C=C\C/C=C\C/C=C\CCC(=O)OCC(COCCCCCCCC/C=C\CCCCCCCC)OC(=O)CCCCCCC. The molecule has 0 rings (SSSR count). The van der Waals surface area contributed by atoms with Gasteiger partial charge in [-0.25, -0.2) is 0 Å². The molecular weight excluding hydrogens is 620 g/mol. The number of esters is 2. The quantitative estimate of drug-likeness (QED) is 0.0367. The molecule has 0 N–H and O–H groups in total. The van der Waals surface area contributed by atoms with E-state index >= 15 is 0 Å². The van der Waals surface area contributed by atoms with Gasteiger partial charge in [0.25, 0.3) is 0 Å². The van der Waals surface area contributed by atoms with Gasteiger partial charge in [-0.15, -0.1) is 0 Å². The Morgan fingerprint density at radius 1 is 0.460 bits per heavy atom. The lowest BCUT2D eigenvalue weighted by Crippen LogP contribution is -2.30. The van der Waals surface area contributed by atoms with Gasteiger partial charge in [0, 0.05) is 19.4 Å². The number of allylic oxidation sites excluding steroid dienone is 10. The fraction of sp³-hybridized carbons (Fsp3) is 0.733. The van der Waals surface area contributed by atoms with Crippen molar-refractivity contribution in [2.75, 3.05) is 19.8 Å². The van der Waals surface area contributed by atoms with Crippen molar-refractivity contribution in [3.05, 3.63) is 60.8 Å². The molecule has 0 aromatic heterocycles. The van der Waals surface area contributed by atoms with Crippen LogP contribution in [-0.2, 0) is 23.8 Å². The molecule has 0 heterocycles. The second-order valence-corrected chi connectivity index (χ2v) is 13.5. The summed E-state index contributed by atoms with van der Waals surface area (Å²) in [7, 11) is 0. The van der Waals surface area contributed by atoms with Gasteiger partial charge in [0.15, 0.2) is 6.10 Å². The Morgan fingerprint density at radius 3 is 1.52 bits per heavy atom. The Bertz CT molecular complexity index is 884. The number of rotatable bonds is 37. The summed E-state index contributed by atoms with van der Waals surface area (Å²) in [6.07, 6.45) is 49.7. The molecule has 0 radical (unpaired) electrons. The molecule has 0 saturated heterocycles. The van der Waals surface area contributed by atoms with Gasteiger partial charge in [-0.2, -0.15) is 0 Å². The number of carbonyl (C=O) groups is 2. The third-order valence-electron chi connectivity index (χ3n) is 8.55. The predicted octanol–water partition coefficient (Wildman–Crippen LogP) is 13.4. The zero-order chi connectivity index (χ0) is 36.4. The Kier molecular flexibility index (Phi) is 39.1. The smallest absolute Gasteiger partial charge is 0.306 e. The van der Waals surface area contributed by atoms with E-state index in [0.717, 1.165) is 57.8 Å². The van der Waals surface area contributed by atoms with Gasteiger partial charge in [-0.1, -0.05) is 165 Å². The first kappa shape index (κ1) is 47.6. The van der Waals surface area contributed by atoms with Crippen molar-refractivity contribution >= 4 is 11.9 Å². The summed E-state index contributed by atoms with van der Waals surface area (Å²) in [6, 6.07) is 0. The van der Waals surface area contributed by atoms with E-state index in [0.29, 0.717) is 25.9 Å². The van der Waals surface area contributed by atoms with E-state index in [2.05, 4.69) is 75.5 Å². The van der Waals surface area contributed by atoms with Gasteiger partial charge in [-0.05, 0) is 70.6 Å². The van der Waals surface area contributed by atoms with E-state index in [9.17, 15) is 9.59 Å². The van der Waals surface area contributed by atoms with Crippen molar-refractivity contribution < 1.29 is 23.8 Å². The van der Waals surface area contributed by atoms with Crippen LogP contribution in [0.1, 0.15) is 188 Å². The zero-order valence-electron chi connectivity index (χ0n) is 32.9. The van der Waals surface area contributed by atoms with Crippen LogP contribution in [0, 0.1) is 0 Å². The van der Waals surface area contributed by atoms with Crippen molar-refractivity contribution in [1.82, 2.24) is 0 Å². The summed E-state index contributed by atoms with van der Waals surface area (Å²) in [5.74, 6) is -0.510. The van der Waals surface area contributed by atoms with Crippen LogP contribution < -0.4 is 0 Å². The third kappa shape index (κ3) is 38.4. The van der Waals surface area contributed by atoms with Crippen LogP contribution in [0.25, 0.3) is 0 Å². The second-order valence-electron chi connectivity index (χ2n) is 13.5. The Hall–Kier alpha value is -2.40. The number of unbranched alkanes of at least 4 members (excludes halogenated alkanes) is 16. The monoisotopic (exact) mass is 699 g/mol. The molecule has 5 heteroatoms. The minimum Gasteiger partial charge on any atom is -0.462 e. The third-order valence-corrected chi connectivity index (χ3v) is 8.55. The molecule has 0 amide bonds. The minimum atomic E-state index is -0.561. The van der Waals surface area contributed by atoms with Crippen molar-refractivity contribution in [2.45, 2.75) is 194 Å². The van der Waals surface area contributed by atoms with E-state index in [1.54, 1.807) is 0 Å². The molecular formula is C45H78O5. The minimum absolute atomic E-state index is 0.0437. The fourth-order valence-electron chi connectivity index (χ4n) is 5.46. The topological polar surface area (TPSA) is 61.8 Å². The number of ether oxygens (including phenoxy) is 3. The molecule has 1 unspecified atom stereocenters. The van der Waals surface area contributed by atoms with Crippen LogP contribution in [0.15, 0.2) is 60.8 Å². The van der Waals surface area contributed by atoms with Crippen molar-refractivity contribution in [1.29, 1.82) is 0 Å². The van der Waals surface area contributed by atoms with Gasteiger partial charge in [0.05, 0.1) is 6.61 Å². The summed E-state index contributed by atoms with van der Waals surface area (Å²) >= 11 is 0. The highest BCUT2D eigenvalue weighted by Crippen LogP contribution is 2.11. The van der Waals surface area contributed by atoms with Crippen molar-refractivity contribution in [2.24, 2.45) is 0 Å². The Labute approximate surface area is 309 Å². The molecule has 288 valence electrons. The van der Waals surface area contributed by atoms with Gasteiger partial charge < -0.3 is 14.2 Å². The van der Waals surface area contributed by atoms with Crippen LogP contribution in [0.5, 0.6) is 0 Å². The largest absolute Gasteiger partial charge is 0.462 e. The maximum atomic E-state index is 12.5. The van der Waals surface area contributed by atoms with E-state index in [1.807, 2.05) is 6.08 Å². The lowest BCUT2D eigenvalue weighted by Gasteiger charge is -2.18. The molecule has 0 aromatic carbocycles. The van der Waals surface area contributed by atoms with Gasteiger partial charge >= 0.3 is 11.9 Å². The van der Waals surface area contributed by atoms with E-state index in [-0.39, 0.29) is 25.2 Å². The number of hydrogen-bond acceptors (Lipinski definition) is 5. The van der Waals surface area contributed by atoms with Gasteiger partial charge in [0.1, 0.15) is 6.61 Å². The maximum Gasteiger partial charge on any atom is 0.306 e. The molecule has 0 aromatic rings. The number of carbonyl (C=O) groups excluding carboxylic acids is 2. The van der Waals surface area contributed by atoms with Gasteiger partial charge in [0.2, 0.25) is 0 Å². The van der Waals surface area contributed by atoms with Crippen molar-refractivity contribution in [3.8, 4) is 0 Å². The first-order valence-electron chi connectivity index (χ1n) is 20.8. The maximum absolute atomic E-state index is 12.5. The standard InChI is InChI=1S/C45H78O5/c1-4-7-10-13-15-17-19-21-22-23-25-27-29-31-34-37-40-48-41-43(50-45(47)39-36-32-12-9-6-3)42-49-44(46)38-35-33-30-28-26-24-20-18-16-14-11-8-5-2/h8,11,16,18,21-22,24,26,30,33,43H,4-7,9-10,12-15,17,19-20,23,25,27-29,31-32,34-42H2,1-3H3/b11-8-,18-16-,22-21-,26-24-,33-30-. The molecule has 50 heavy (non-hydrogen) atoms. The van der Waals surface area contributed by atoms with Crippen LogP contribution >= 0.6 is 0 Å². The zero-order valence-corrected chi connectivity index (χ0v) is 32.9. The predicted molar refractivity (Wildman–Crippen MR) is 214 cm³/mol. The summed E-state index contributed by atoms with van der Waals surface area (Å²) in [5, 5.41) is 0. The van der Waals surface area contributed by atoms with Crippen LogP contribution in [-0.4, -0.2) is 37.9 Å². The average molecular weight is 699 g/mol. The average Bonchev–Trinajstić information content (AvgIpc) is 3.11. The Morgan fingerprint density at radius 2 is 0.940 bits per heavy atom. The number of hydrogen-bond donors (Lipinski definition) is 0. The Balaban J connectivity index is 4.19. The molecule has 0 aliphatic heterocycles. The van der Waals surface area contributed by atoms with E-state index in [4.69, 9.17) is 14.2 Å². The highest BCUT2D eigenvalue weighted by molar-refractivity contribution is 5.70.